The lowest BCUT2D eigenvalue weighted by molar-refractivity contribution is 0.189. The predicted octanol–water partition coefficient (Wildman–Crippen LogP) is 2.19. The average molecular weight is 153 g/mol. The van der Waals surface area contributed by atoms with Gasteiger partial charge in [-0.2, -0.15) is 0 Å². The number of halogens is 1. The predicted molar refractivity (Wildman–Crippen MR) is 40.3 cm³/mol. The molecule has 0 atom stereocenters. The van der Waals surface area contributed by atoms with E-state index in [2.05, 4.69) is 0 Å². The number of rotatable bonds is 3. The van der Waals surface area contributed by atoms with Gasteiger partial charge in [0.2, 0.25) is 0 Å². The fraction of sp³-hybridized carbons (Fsp3) is 0.333. The third-order valence-corrected chi connectivity index (χ3v) is 1.50. The Hall–Kier alpha value is -0.890. The molecule has 11 heavy (non-hydrogen) atoms. The molecule has 0 aliphatic carbocycles. The van der Waals surface area contributed by atoms with E-state index < -0.39 is 0 Å². The Kier molecular flexibility index (Phi) is 3.05. The van der Waals surface area contributed by atoms with Gasteiger partial charge in [0.1, 0.15) is 5.82 Å². The molecule has 0 N–H and O–H groups in total. The van der Waals surface area contributed by atoms with Crippen LogP contribution in [0, 0.1) is 5.82 Å². The summed E-state index contributed by atoms with van der Waals surface area (Å²) in [5.41, 5.74) is 0.904. The van der Waals surface area contributed by atoms with Gasteiger partial charge in [0, 0.05) is 0 Å². The van der Waals surface area contributed by atoms with Crippen LogP contribution in [0.25, 0.3) is 0 Å². The topological polar surface area (TPSA) is 19.9 Å². The Morgan fingerprint density at radius 1 is 1.36 bits per heavy atom. The summed E-state index contributed by atoms with van der Waals surface area (Å²) in [7, 11) is 0. The van der Waals surface area contributed by atoms with Gasteiger partial charge in [-0.3, -0.25) is 0 Å². The fourth-order valence-corrected chi connectivity index (χ4v) is 0.969. The second kappa shape index (κ2) is 4.09. The van der Waals surface area contributed by atoms with Crippen molar-refractivity contribution in [3.8, 4) is 0 Å². The van der Waals surface area contributed by atoms with Crippen molar-refractivity contribution in [2.75, 3.05) is 6.61 Å². The quantitative estimate of drug-likeness (QED) is 0.634. The van der Waals surface area contributed by atoms with Crippen LogP contribution in [0.15, 0.2) is 24.3 Å². The highest BCUT2D eigenvalue weighted by atomic mass is 19.1. The van der Waals surface area contributed by atoms with Crippen LogP contribution in [0.3, 0.4) is 0 Å². The molecule has 0 bridgehead atoms. The SMILES string of the molecule is [O]CCCc1cccc(F)c1. The van der Waals surface area contributed by atoms with Crippen molar-refractivity contribution in [3.05, 3.63) is 35.6 Å². The van der Waals surface area contributed by atoms with E-state index in [1.807, 2.05) is 6.07 Å². The molecule has 0 aliphatic rings. The second-order valence-corrected chi connectivity index (χ2v) is 2.44. The van der Waals surface area contributed by atoms with Gasteiger partial charge >= 0.3 is 0 Å². The molecule has 0 heterocycles. The molecule has 0 unspecified atom stereocenters. The van der Waals surface area contributed by atoms with Crippen LogP contribution in [0.5, 0.6) is 0 Å². The van der Waals surface area contributed by atoms with Crippen molar-refractivity contribution in [2.45, 2.75) is 12.8 Å². The highest BCUT2D eigenvalue weighted by Gasteiger charge is 1.93. The van der Waals surface area contributed by atoms with E-state index in [1.54, 1.807) is 6.07 Å². The smallest absolute Gasteiger partial charge is 0.123 e. The standard InChI is InChI=1S/C9H10FO/c10-9-5-1-3-8(7-9)4-2-6-11/h1,3,5,7H,2,4,6H2. The van der Waals surface area contributed by atoms with Gasteiger partial charge < -0.3 is 0 Å². The van der Waals surface area contributed by atoms with Crippen LogP contribution in [-0.4, -0.2) is 6.61 Å². The summed E-state index contributed by atoms with van der Waals surface area (Å²) in [6.07, 6.45) is 1.27. The zero-order valence-electron chi connectivity index (χ0n) is 6.22. The van der Waals surface area contributed by atoms with Gasteiger partial charge in [0.25, 0.3) is 0 Å². The van der Waals surface area contributed by atoms with Crippen molar-refractivity contribution in [1.82, 2.24) is 0 Å². The molecule has 59 valence electrons. The lowest BCUT2D eigenvalue weighted by atomic mass is 10.1. The van der Waals surface area contributed by atoms with E-state index in [0.29, 0.717) is 12.8 Å². The molecule has 0 aliphatic heterocycles. The molecular weight excluding hydrogens is 143 g/mol. The van der Waals surface area contributed by atoms with E-state index in [4.69, 9.17) is 0 Å². The lowest BCUT2D eigenvalue weighted by Gasteiger charge is -1.97. The molecule has 0 amide bonds. The molecule has 0 aromatic heterocycles. The van der Waals surface area contributed by atoms with E-state index in [1.165, 1.54) is 12.1 Å². The normalized spacial score (nSPS) is 10.0. The molecule has 1 aromatic rings. The van der Waals surface area contributed by atoms with Crippen LogP contribution in [0.1, 0.15) is 12.0 Å². The minimum Gasteiger partial charge on any atom is -0.237 e. The summed E-state index contributed by atoms with van der Waals surface area (Å²) < 4.78 is 12.5. The van der Waals surface area contributed by atoms with E-state index in [0.717, 1.165) is 5.56 Å². The van der Waals surface area contributed by atoms with Gasteiger partial charge in [0.15, 0.2) is 0 Å². The molecule has 1 aromatic carbocycles. The molecule has 0 spiro atoms. The molecule has 1 rings (SSSR count). The van der Waals surface area contributed by atoms with Gasteiger partial charge in [-0.1, -0.05) is 12.1 Å². The summed E-state index contributed by atoms with van der Waals surface area (Å²) in [5, 5.41) is 10.1. The third-order valence-electron chi connectivity index (χ3n) is 1.50. The highest BCUT2D eigenvalue weighted by molar-refractivity contribution is 5.16. The van der Waals surface area contributed by atoms with Crippen LogP contribution in [0.4, 0.5) is 4.39 Å². The summed E-state index contributed by atoms with van der Waals surface area (Å²) in [4.78, 5) is 0. The molecule has 1 nitrogen and oxygen atoms in total. The maximum absolute atomic E-state index is 12.5. The minimum absolute atomic E-state index is 0.0868. The highest BCUT2D eigenvalue weighted by Crippen LogP contribution is 2.05. The van der Waals surface area contributed by atoms with Crippen LogP contribution in [0.2, 0.25) is 0 Å². The van der Waals surface area contributed by atoms with E-state index >= 15 is 0 Å². The van der Waals surface area contributed by atoms with Crippen LogP contribution < -0.4 is 0 Å². The Morgan fingerprint density at radius 2 is 2.18 bits per heavy atom. The molecule has 2 heteroatoms. The van der Waals surface area contributed by atoms with Crippen molar-refractivity contribution < 1.29 is 9.50 Å². The fourth-order valence-electron chi connectivity index (χ4n) is 0.969. The first kappa shape index (κ1) is 8.21. The van der Waals surface area contributed by atoms with Crippen LogP contribution in [-0.2, 0) is 11.5 Å². The first-order valence-electron chi connectivity index (χ1n) is 3.65. The van der Waals surface area contributed by atoms with Gasteiger partial charge in [-0.25, -0.2) is 9.50 Å². The van der Waals surface area contributed by atoms with E-state index in [9.17, 15) is 9.50 Å². The number of benzene rings is 1. The summed E-state index contributed by atoms with van der Waals surface area (Å²) in [6, 6.07) is 6.37. The zero-order chi connectivity index (χ0) is 8.10. The Morgan fingerprint density at radius 3 is 2.82 bits per heavy atom. The number of hydrogen-bond acceptors (Lipinski definition) is 0. The summed E-state index contributed by atoms with van der Waals surface area (Å²) in [6.45, 7) is -0.0868. The maximum atomic E-state index is 12.5. The summed E-state index contributed by atoms with van der Waals surface area (Å²) in [5.74, 6) is -0.228. The van der Waals surface area contributed by atoms with Gasteiger partial charge in [-0.05, 0) is 30.5 Å². The summed E-state index contributed by atoms with van der Waals surface area (Å²) >= 11 is 0. The minimum atomic E-state index is -0.228. The first-order chi connectivity index (χ1) is 5.33. The monoisotopic (exact) mass is 153 g/mol. The van der Waals surface area contributed by atoms with Crippen molar-refractivity contribution in [1.29, 1.82) is 0 Å². The molecular formula is C9H10FO. The zero-order valence-corrected chi connectivity index (χ0v) is 6.22. The maximum Gasteiger partial charge on any atom is 0.123 e. The van der Waals surface area contributed by atoms with Gasteiger partial charge in [0.05, 0.1) is 6.61 Å². The lowest BCUT2D eigenvalue weighted by Crippen LogP contribution is -1.88. The van der Waals surface area contributed by atoms with Crippen molar-refractivity contribution in [2.24, 2.45) is 0 Å². The number of hydrogen-bond donors (Lipinski definition) is 0. The van der Waals surface area contributed by atoms with Crippen molar-refractivity contribution in [3.63, 3.8) is 0 Å². The van der Waals surface area contributed by atoms with Crippen molar-refractivity contribution >= 4 is 0 Å². The first-order valence-corrected chi connectivity index (χ1v) is 3.65. The molecule has 1 radical (unpaired) electrons. The van der Waals surface area contributed by atoms with Gasteiger partial charge in [-0.15, -0.1) is 0 Å². The Balaban J connectivity index is 2.56. The van der Waals surface area contributed by atoms with Crippen LogP contribution >= 0.6 is 0 Å². The Labute approximate surface area is 65.5 Å². The average Bonchev–Trinajstić information content (AvgIpc) is 2.01. The second-order valence-electron chi connectivity index (χ2n) is 2.44. The van der Waals surface area contributed by atoms with E-state index in [-0.39, 0.29) is 12.4 Å². The largest absolute Gasteiger partial charge is 0.237 e. The Bertz CT molecular complexity index is 223. The molecule has 0 fully saturated rings. The molecule has 0 saturated carbocycles. The third kappa shape index (κ3) is 2.68. The number of aryl methyl sites for hydroxylation is 1. The molecule has 0 saturated heterocycles.